The molecule has 0 unspecified atom stereocenters. The Morgan fingerprint density at radius 3 is 2.50 bits per heavy atom. The van der Waals surface area contributed by atoms with Gasteiger partial charge in [-0.3, -0.25) is 4.79 Å². The molecule has 1 amide bonds. The van der Waals surface area contributed by atoms with Crippen LogP contribution in [0.15, 0.2) is 24.3 Å². The van der Waals surface area contributed by atoms with Gasteiger partial charge in [0.25, 0.3) is 0 Å². The maximum absolute atomic E-state index is 12.7. The van der Waals surface area contributed by atoms with E-state index in [9.17, 15) is 14.3 Å². The maximum atomic E-state index is 12.7. The molecular formula is C15H22FNO3. The van der Waals surface area contributed by atoms with E-state index < -0.39 is 5.60 Å². The third-order valence-corrected chi connectivity index (χ3v) is 2.67. The third-order valence-electron chi connectivity index (χ3n) is 2.67. The van der Waals surface area contributed by atoms with Crippen molar-refractivity contribution in [3.8, 4) is 5.75 Å². The summed E-state index contributed by atoms with van der Waals surface area (Å²) in [7, 11) is 1.67. The highest BCUT2D eigenvalue weighted by atomic mass is 19.1. The Kier molecular flexibility index (Phi) is 5.95. The molecule has 0 spiro atoms. The molecule has 1 aromatic carbocycles. The Bertz CT molecular complexity index is 426. The molecular weight excluding hydrogens is 261 g/mol. The molecule has 1 N–H and O–H groups in total. The molecule has 0 atom stereocenters. The van der Waals surface area contributed by atoms with Crippen LogP contribution in [-0.2, 0) is 4.79 Å². The number of amides is 1. The zero-order chi connectivity index (χ0) is 15.2. The summed E-state index contributed by atoms with van der Waals surface area (Å²) >= 11 is 0. The highest BCUT2D eigenvalue weighted by Crippen LogP contribution is 2.12. The molecule has 0 radical (unpaired) electrons. The average molecular weight is 283 g/mol. The molecule has 20 heavy (non-hydrogen) atoms. The molecule has 4 nitrogen and oxygen atoms in total. The van der Waals surface area contributed by atoms with Gasteiger partial charge in [0, 0.05) is 20.0 Å². The quantitative estimate of drug-likeness (QED) is 0.781. The van der Waals surface area contributed by atoms with Crippen molar-refractivity contribution in [1.29, 1.82) is 0 Å². The smallest absolute Gasteiger partial charge is 0.222 e. The van der Waals surface area contributed by atoms with E-state index in [0.717, 1.165) is 0 Å². The first kappa shape index (κ1) is 16.4. The van der Waals surface area contributed by atoms with Crippen molar-refractivity contribution < 1.29 is 19.0 Å². The zero-order valence-electron chi connectivity index (χ0n) is 12.2. The lowest BCUT2D eigenvalue weighted by molar-refractivity contribution is -0.132. The molecule has 112 valence electrons. The first-order valence-electron chi connectivity index (χ1n) is 6.63. The fraction of sp³-hybridized carbons (Fsp3) is 0.533. The Labute approximate surface area is 119 Å². The van der Waals surface area contributed by atoms with Gasteiger partial charge in [-0.25, -0.2) is 4.39 Å². The van der Waals surface area contributed by atoms with E-state index in [1.807, 2.05) is 0 Å². The highest BCUT2D eigenvalue weighted by molar-refractivity contribution is 5.75. The van der Waals surface area contributed by atoms with Gasteiger partial charge in [0.15, 0.2) is 0 Å². The first-order valence-corrected chi connectivity index (χ1v) is 6.63. The van der Waals surface area contributed by atoms with Gasteiger partial charge in [0.1, 0.15) is 11.6 Å². The molecule has 0 fully saturated rings. The van der Waals surface area contributed by atoms with Gasteiger partial charge in [-0.05, 0) is 44.5 Å². The second kappa shape index (κ2) is 7.24. The van der Waals surface area contributed by atoms with E-state index in [4.69, 9.17) is 4.74 Å². The summed E-state index contributed by atoms with van der Waals surface area (Å²) in [4.78, 5) is 13.3. The maximum Gasteiger partial charge on any atom is 0.222 e. The Hall–Kier alpha value is -1.62. The number of aliphatic hydroxyl groups is 1. The highest BCUT2D eigenvalue weighted by Gasteiger charge is 2.18. The number of benzene rings is 1. The number of hydrogen-bond donors (Lipinski definition) is 1. The minimum absolute atomic E-state index is 0.0326. The summed E-state index contributed by atoms with van der Waals surface area (Å²) in [6.07, 6.45) is 0.931. The predicted octanol–water partition coefficient (Wildman–Crippen LogP) is 2.21. The van der Waals surface area contributed by atoms with Crippen molar-refractivity contribution in [3.05, 3.63) is 30.1 Å². The summed E-state index contributed by atoms with van der Waals surface area (Å²) in [5.41, 5.74) is -0.894. The standard InChI is InChI=1S/C15H22FNO3/c1-15(2,19)11-17(3)14(18)5-4-10-20-13-8-6-12(16)7-9-13/h6-9,19H,4-5,10-11H2,1-3H3. The number of carbonyl (C=O) groups is 1. The normalized spacial score (nSPS) is 11.2. The molecule has 0 bridgehead atoms. The number of halogens is 1. The zero-order valence-corrected chi connectivity index (χ0v) is 12.2. The van der Waals surface area contributed by atoms with Gasteiger partial charge in [-0.1, -0.05) is 0 Å². The number of carbonyl (C=O) groups excluding carboxylic acids is 1. The molecule has 0 aliphatic heterocycles. The van der Waals surface area contributed by atoms with Crippen LogP contribution in [0.4, 0.5) is 4.39 Å². The van der Waals surface area contributed by atoms with Crippen molar-refractivity contribution in [2.75, 3.05) is 20.2 Å². The van der Waals surface area contributed by atoms with Gasteiger partial charge >= 0.3 is 0 Å². The van der Waals surface area contributed by atoms with Gasteiger partial charge in [-0.15, -0.1) is 0 Å². The summed E-state index contributed by atoms with van der Waals surface area (Å²) in [5, 5.41) is 9.63. The third kappa shape index (κ3) is 6.52. The van der Waals surface area contributed by atoms with Gasteiger partial charge < -0.3 is 14.7 Å². The van der Waals surface area contributed by atoms with E-state index in [1.54, 1.807) is 33.0 Å². The molecule has 5 heteroatoms. The number of nitrogens with zero attached hydrogens (tertiary/aromatic N) is 1. The van der Waals surface area contributed by atoms with Crippen molar-refractivity contribution in [3.63, 3.8) is 0 Å². The monoisotopic (exact) mass is 283 g/mol. The van der Waals surface area contributed by atoms with Crippen molar-refractivity contribution >= 4 is 5.91 Å². The SMILES string of the molecule is CN(CC(C)(C)O)C(=O)CCCOc1ccc(F)cc1. The van der Waals surface area contributed by atoms with Crippen LogP contribution in [0.5, 0.6) is 5.75 Å². The van der Waals surface area contributed by atoms with Crippen LogP contribution < -0.4 is 4.74 Å². The van der Waals surface area contributed by atoms with Crippen LogP contribution in [0.3, 0.4) is 0 Å². The lowest BCUT2D eigenvalue weighted by Gasteiger charge is -2.25. The van der Waals surface area contributed by atoms with Gasteiger partial charge in [-0.2, -0.15) is 0 Å². The second-order valence-corrected chi connectivity index (χ2v) is 5.47. The minimum atomic E-state index is -0.894. The Morgan fingerprint density at radius 1 is 1.35 bits per heavy atom. The molecule has 0 aliphatic rings. The van der Waals surface area contributed by atoms with E-state index in [-0.39, 0.29) is 11.7 Å². The van der Waals surface area contributed by atoms with E-state index in [2.05, 4.69) is 0 Å². The number of rotatable bonds is 7. The van der Waals surface area contributed by atoms with Gasteiger partial charge in [0.2, 0.25) is 5.91 Å². The van der Waals surface area contributed by atoms with Crippen molar-refractivity contribution in [2.24, 2.45) is 0 Å². The van der Waals surface area contributed by atoms with Crippen molar-refractivity contribution in [2.45, 2.75) is 32.3 Å². The summed E-state index contributed by atoms with van der Waals surface area (Å²) < 4.78 is 18.1. The van der Waals surface area contributed by atoms with Crippen LogP contribution >= 0.6 is 0 Å². The lowest BCUT2D eigenvalue weighted by Crippen LogP contribution is -2.39. The summed E-state index contributed by atoms with van der Waals surface area (Å²) in [6.45, 7) is 4.02. The topological polar surface area (TPSA) is 49.8 Å². The van der Waals surface area contributed by atoms with Crippen molar-refractivity contribution in [1.82, 2.24) is 4.90 Å². The first-order chi connectivity index (χ1) is 9.28. The number of likely N-dealkylation sites (N-methyl/N-ethyl adjacent to an activating group) is 1. The number of ether oxygens (including phenoxy) is 1. The fourth-order valence-corrected chi connectivity index (χ4v) is 1.80. The summed E-state index contributed by atoms with van der Waals surface area (Å²) in [5.74, 6) is 0.249. The number of hydrogen-bond acceptors (Lipinski definition) is 3. The Morgan fingerprint density at radius 2 is 1.95 bits per heavy atom. The molecule has 0 heterocycles. The molecule has 0 saturated carbocycles. The predicted molar refractivity (Wildman–Crippen MR) is 75.1 cm³/mol. The van der Waals surface area contributed by atoms with E-state index >= 15 is 0 Å². The fourth-order valence-electron chi connectivity index (χ4n) is 1.80. The Balaban J connectivity index is 2.23. The van der Waals surface area contributed by atoms with Crippen LogP contribution in [-0.4, -0.2) is 41.7 Å². The van der Waals surface area contributed by atoms with Crippen LogP contribution in [0.2, 0.25) is 0 Å². The minimum Gasteiger partial charge on any atom is -0.494 e. The van der Waals surface area contributed by atoms with E-state index in [0.29, 0.717) is 31.7 Å². The van der Waals surface area contributed by atoms with Gasteiger partial charge in [0.05, 0.1) is 12.2 Å². The molecule has 0 saturated heterocycles. The molecule has 0 aromatic heterocycles. The van der Waals surface area contributed by atoms with Crippen LogP contribution in [0.1, 0.15) is 26.7 Å². The van der Waals surface area contributed by atoms with E-state index in [1.165, 1.54) is 17.0 Å². The molecule has 1 rings (SSSR count). The lowest BCUT2D eigenvalue weighted by atomic mass is 10.1. The average Bonchev–Trinajstić information content (AvgIpc) is 2.34. The second-order valence-electron chi connectivity index (χ2n) is 5.47. The van der Waals surface area contributed by atoms with Crippen LogP contribution in [0, 0.1) is 5.82 Å². The molecule has 0 aliphatic carbocycles. The molecule has 1 aromatic rings. The van der Waals surface area contributed by atoms with Crippen LogP contribution in [0.25, 0.3) is 0 Å². The summed E-state index contributed by atoms with van der Waals surface area (Å²) in [6, 6.07) is 5.77. The largest absolute Gasteiger partial charge is 0.494 e.